The van der Waals surface area contributed by atoms with E-state index in [9.17, 15) is 4.79 Å². The first-order valence-corrected chi connectivity index (χ1v) is 8.58. The Morgan fingerprint density at radius 3 is 2.86 bits per heavy atom. The van der Waals surface area contributed by atoms with Gasteiger partial charge in [0.05, 0.1) is 18.7 Å². The van der Waals surface area contributed by atoms with Crippen molar-refractivity contribution in [1.82, 2.24) is 20.1 Å². The molecule has 0 unspecified atom stereocenters. The number of thiazole rings is 1. The van der Waals surface area contributed by atoms with Gasteiger partial charge in [-0.1, -0.05) is 6.42 Å². The normalized spacial score (nSPS) is 16.3. The lowest BCUT2D eigenvalue weighted by Crippen LogP contribution is -2.32. The Bertz CT molecular complexity index is 441. The lowest BCUT2D eigenvalue weighted by Gasteiger charge is -2.25. The van der Waals surface area contributed by atoms with E-state index in [4.69, 9.17) is 0 Å². The van der Waals surface area contributed by atoms with Gasteiger partial charge in [-0.25, -0.2) is 4.98 Å². The van der Waals surface area contributed by atoms with Crippen LogP contribution in [0, 0.1) is 0 Å². The molecule has 21 heavy (non-hydrogen) atoms. The highest BCUT2D eigenvalue weighted by Crippen LogP contribution is 2.16. The van der Waals surface area contributed by atoms with Gasteiger partial charge >= 0.3 is 0 Å². The summed E-state index contributed by atoms with van der Waals surface area (Å²) in [6, 6.07) is 0. The monoisotopic (exact) mass is 310 g/mol. The number of likely N-dealkylation sites (N-methyl/N-ethyl adjacent to an activating group) is 1. The Morgan fingerprint density at radius 1 is 1.38 bits per heavy atom. The molecule has 5 nitrogen and oxygen atoms in total. The quantitative estimate of drug-likeness (QED) is 0.826. The molecule has 1 N–H and O–H groups in total. The minimum absolute atomic E-state index is 0.0617. The van der Waals surface area contributed by atoms with E-state index in [1.54, 1.807) is 11.3 Å². The van der Waals surface area contributed by atoms with E-state index < -0.39 is 0 Å². The van der Waals surface area contributed by atoms with Crippen molar-refractivity contribution < 1.29 is 4.79 Å². The molecule has 1 aromatic heterocycles. The molecule has 1 fully saturated rings. The first kappa shape index (κ1) is 16.4. The maximum Gasteiger partial charge on any atom is 0.226 e. The van der Waals surface area contributed by atoms with Crippen LogP contribution in [0.25, 0.3) is 0 Å². The Balaban J connectivity index is 1.73. The molecular weight excluding hydrogens is 284 g/mol. The summed E-state index contributed by atoms with van der Waals surface area (Å²) in [7, 11) is 4.00. The third-order valence-corrected chi connectivity index (χ3v) is 4.51. The second kappa shape index (κ2) is 8.46. The fourth-order valence-electron chi connectivity index (χ4n) is 2.46. The van der Waals surface area contributed by atoms with Gasteiger partial charge in [-0.2, -0.15) is 0 Å². The zero-order valence-corrected chi connectivity index (χ0v) is 13.9. The number of rotatable bonds is 7. The molecule has 1 saturated heterocycles. The number of piperidine rings is 1. The van der Waals surface area contributed by atoms with Crippen LogP contribution in [0.15, 0.2) is 5.38 Å². The first-order valence-electron chi connectivity index (χ1n) is 7.70. The van der Waals surface area contributed by atoms with Gasteiger partial charge in [-0.3, -0.25) is 9.69 Å². The van der Waals surface area contributed by atoms with Gasteiger partial charge in [0.25, 0.3) is 0 Å². The number of aromatic nitrogens is 1. The topological polar surface area (TPSA) is 48.5 Å². The lowest BCUT2D eigenvalue weighted by atomic mass is 10.1. The molecule has 118 valence electrons. The number of carbonyl (C=O) groups is 1. The number of hydrogen-bond donors (Lipinski definition) is 1. The fourth-order valence-corrected chi connectivity index (χ4v) is 3.29. The minimum atomic E-state index is 0.0617. The molecule has 1 aliphatic rings. The van der Waals surface area contributed by atoms with Gasteiger partial charge in [0.1, 0.15) is 5.01 Å². The Labute approximate surface area is 131 Å². The van der Waals surface area contributed by atoms with Gasteiger partial charge in [0.15, 0.2) is 0 Å². The van der Waals surface area contributed by atoms with Crippen LogP contribution < -0.4 is 5.32 Å². The SMILES string of the molecule is CN(C)CCNC(=O)Cc1csc(CN2CCCCC2)n1. The van der Waals surface area contributed by atoms with Crippen molar-refractivity contribution >= 4 is 17.2 Å². The highest BCUT2D eigenvalue weighted by Gasteiger charge is 2.13. The summed E-state index contributed by atoms with van der Waals surface area (Å²) in [4.78, 5) is 20.9. The Kier molecular flexibility index (Phi) is 6.60. The van der Waals surface area contributed by atoms with Crippen LogP contribution in [0.1, 0.15) is 30.0 Å². The predicted octanol–water partition coefficient (Wildman–Crippen LogP) is 1.35. The summed E-state index contributed by atoms with van der Waals surface area (Å²) in [5.41, 5.74) is 0.898. The van der Waals surface area contributed by atoms with Gasteiger partial charge in [-0.05, 0) is 40.0 Å². The molecule has 0 spiro atoms. The van der Waals surface area contributed by atoms with Crippen LogP contribution in [0.5, 0.6) is 0 Å². The van der Waals surface area contributed by atoms with Gasteiger partial charge in [-0.15, -0.1) is 11.3 Å². The highest BCUT2D eigenvalue weighted by atomic mass is 32.1. The first-order chi connectivity index (χ1) is 10.1. The summed E-state index contributed by atoms with van der Waals surface area (Å²) >= 11 is 1.67. The number of likely N-dealkylation sites (tertiary alicyclic amines) is 1. The number of hydrogen-bond acceptors (Lipinski definition) is 5. The van der Waals surface area contributed by atoms with Crippen LogP contribution in [-0.2, 0) is 17.8 Å². The van der Waals surface area contributed by atoms with Crippen molar-refractivity contribution in [2.45, 2.75) is 32.2 Å². The number of nitrogens with one attached hydrogen (secondary N) is 1. The summed E-state index contributed by atoms with van der Waals surface area (Å²) in [6.45, 7) is 4.85. The average Bonchev–Trinajstić information content (AvgIpc) is 2.86. The smallest absolute Gasteiger partial charge is 0.226 e. The van der Waals surface area contributed by atoms with Gasteiger partial charge in [0, 0.05) is 18.5 Å². The van der Waals surface area contributed by atoms with E-state index in [0.717, 1.165) is 23.8 Å². The minimum Gasteiger partial charge on any atom is -0.354 e. The van der Waals surface area contributed by atoms with E-state index in [0.29, 0.717) is 13.0 Å². The summed E-state index contributed by atoms with van der Waals surface area (Å²) in [5.74, 6) is 0.0617. The second-order valence-corrected chi connectivity index (χ2v) is 6.84. The molecule has 6 heteroatoms. The number of amides is 1. The third kappa shape index (κ3) is 6.11. The van der Waals surface area contributed by atoms with Crippen LogP contribution in [0.2, 0.25) is 0 Å². The Hall–Kier alpha value is -0.980. The second-order valence-electron chi connectivity index (χ2n) is 5.90. The molecule has 1 aliphatic heterocycles. The third-order valence-electron chi connectivity index (χ3n) is 3.63. The molecule has 0 atom stereocenters. The average molecular weight is 310 g/mol. The van der Waals surface area contributed by atoms with Crippen molar-refractivity contribution in [1.29, 1.82) is 0 Å². The van der Waals surface area contributed by atoms with E-state index in [2.05, 4.69) is 20.1 Å². The molecular formula is C15H26N4OS. The van der Waals surface area contributed by atoms with Crippen LogP contribution in [-0.4, -0.2) is 61.0 Å². The van der Waals surface area contributed by atoms with Crippen molar-refractivity contribution in [2.75, 3.05) is 40.3 Å². The van der Waals surface area contributed by atoms with Crippen molar-refractivity contribution in [3.8, 4) is 0 Å². The molecule has 2 heterocycles. The lowest BCUT2D eigenvalue weighted by molar-refractivity contribution is -0.120. The van der Waals surface area contributed by atoms with Crippen LogP contribution in [0.4, 0.5) is 0 Å². The van der Waals surface area contributed by atoms with Crippen LogP contribution in [0.3, 0.4) is 0 Å². The van der Waals surface area contributed by atoms with E-state index >= 15 is 0 Å². The molecule has 0 aromatic carbocycles. The molecule has 1 aromatic rings. The van der Waals surface area contributed by atoms with Crippen molar-refractivity contribution in [3.05, 3.63) is 16.1 Å². The maximum atomic E-state index is 11.8. The standard InChI is InChI=1S/C15H26N4OS/c1-18(2)9-6-16-14(20)10-13-12-21-15(17-13)11-19-7-4-3-5-8-19/h12H,3-11H2,1-2H3,(H,16,20). The van der Waals surface area contributed by atoms with Gasteiger partial charge < -0.3 is 10.2 Å². The molecule has 0 radical (unpaired) electrons. The van der Waals surface area contributed by atoms with Crippen molar-refractivity contribution in [3.63, 3.8) is 0 Å². The molecule has 1 amide bonds. The molecule has 0 aliphatic carbocycles. The zero-order valence-electron chi connectivity index (χ0n) is 13.1. The maximum absolute atomic E-state index is 11.8. The van der Waals surface area contributed by atoms with E-state index in [1.807, 2.05) is 19.5 Å². The number of nitrogens with zero attached hydrogens (tertiary/aromatic N) is 3. The van der Waals surface area contributed by atoms with E-state index in [1.165, 1.54) is 32.4 Å². The molecule has 0 bridgehead atoms. The highest BCUT2D eigenvalue weighted by molar-refractivity contribution is 7.09. The summed E-state index contributed by atoms with van der Waals surface area (Å²) < 4.78 is 0. The molecule has 0 saturated carbocycles. The van der Waals surface area contributed by atoms with E-state index in [-0.39, 0.29) is 5.91 Å². The molecule has 2 rings (SSSR count). The van der Waals surface area contributed by atoms with Crippen molar-refractivity contribution in [2.24, 2.45) is 0 Å². The predicted molar refractivity (Wildman–Crippen MR) is 86.5 cm³/mol. The summed E-state index contributed by atoms with van der Waals surface area (Å²) in [6.07, 6.45) is 4.34. The fraction of sp³-hybridized carbons (Fsp3) is 0.733. The largest absolute Gasteiger partial charge is 0.354 e. The number of carbonyl (C=O) groups excluding carboxylic acids is 1. The Morgan fingerprint density at radius 2 is 2.14 bits per heavy atom. The van der Waals surface area contributed by atoms with Gasteiger partial charge in [0.2, 0.25) is 5.91 Å². The summed E-state index contributed by atoms with van der Waals surface area (Å²) in [5, 5.41) is 6.08. The van der Waals surface area contributed by atoms with Crippen LogP contribution >= 0.6 is 11.3 Å². The zero-order chi connectivity index (χ0) is 15.1.